The number of hydrogen-bond donors (Lipinski definition) is 0. The fourth-order valence-electron chi connectivity index (χ4n) is 17.1. The van der Waals surface area contributed by atoms with Crippen LogP contribution in [-0.4, -0.2) is 97.7 Å². The van der Waals surface area contributed by atoms with E-state index in [1.165, 1.54) is 514 Å². The van der Waals surface area contributed by atoms with E-state index in [1.54, 1.807) is 0 Å². The van der Waals surface area contributed by atoms with E-state index in [0.29, 0.717) is 0 Å². The number of nitrogens with zero attached hydrogens (tertiary/aromatic N) is 2. The van der Waals surface area contributed by atoms with Crippen molar-refractivity contribution in [1.29, 1.82) is 0 Å². The van der Waals surface area contributed by atoms with Crippen LogP contribution in [0.3, 0.4) is 0 Å². The number of unbranched alkanes of at least 4 members (excludes halogenated alkanes) is 76. The molecule has 0 aliphatic rings. The van der Waals surface area contributed by atoms with Crippen molar-refractivity contribution >= 4 is 49.7 Å². The van der Waals surface area contributed by atoms with Gasteiger partial charge >= 0.3 is 37.7 Å². The average molecular weight is 1530 g/mol. The van der Waals surface area contributed by atoms with Gasteiger partial charge in [-0.1, -0.05) is 542 Å². The second-order valence-corrected chi connectivity index (χ2v) is 35.0. The molecule has 2 unspecified atom stereocenters. The largest absolute Gasteiger partial charge is 2.00 e. The molecule has 0 aromatic rings. The summed E-state index contributed by atoms with van der Waals surface area (Å²) in [5.74, 6) is -1.75. The Labute approximate surface area is 705 Å². The van der Waals surface area contributed by atoms with E-state index in [4.69, 9.17) is 0 Å². The van der Waals surface area contributed by atoms with Crippen LogP contribution in [0.25, 0.3) is 0 Å². The third kappa shape index (κ3) is 94.9. The molecule has 0 heterocycles. The fraction of sp³-hybridized carbons (Fsp3) is 0.980. The van der Waals surface area contributed by atoms with E-state index in [2.05, 4.69) is 51.3 Å². The summed E-state index contributed by atoms with van der Waals surface area (Å²) in [6.45, 7) is 17.8. The van der Waals surface area contributed by atoms with Gasteiger partial charge in [0.05, 0.1) is 0 Å². The smallest absolute Gasteiger partial charge is 0.550 e. The van der Waals surface area contributed by atoms with Crippen LogP contribution in [0.1, 0.15) is 594 Å². The fourth-order valence-corrected chi connectivity index (χ4v) is 17.1. The molecule has 0 bridgehead atoms. The molecule has 0 aliphatic carbocycles. The number of rotatable bonds is 94. The number of aliphatic carboxylic acids is 2. The molecule has 0 radical (unpaired) electrons. The topological polar surface area (TPSA) is 86.7 Å². The minimum Gasteiger partial charge on any atom is -0.550 e. The van der Waals surface area contributed by atoms with Crippen LogP contribution in [-0.2, 0) is 9.59 Å². The average Bonchev–Trinajstić information content (AvgIpc) is 0.924. The van der Waals surface area contributed by atoms with Gasteiger partial charge in [-0.25, -0.2) is 0 Å². The van der Waals surface area contributed by atoms with Crippen molar-refractivity contribution < 1.29 is 19.8 Å². The summed E-state index contributed by atoms with van der Waals surface area (Å²) in [5.41, 5.74) is 0. The Morgan fingerprint density at radius 3 is 0.374 bits per heavy atom. The maximum absolute atomic E-state index is 11.6. The minimum atomic E-state index is -0.875. The molecule has 0 spiro atoms. The van der Waals surface area contributed by atoms with Crippen LogP contribution in [0.15, 0.2) is 0 Å². The van der Waals surface area contributed by atoms with E-state index >= 15 is 0 Å². The zero-order valence-corrected chi connectivity index (χ0v) is 77.2. The Hall–Kier alpha value is 0.120. The maximum Gasteiger partial charge on any atom is 2.00 e. The first-order valence-electron chi connectivity index (χ1n) is 50.2. The van der Waals surface area contributed by atoms with E-state index in [0.717, 1.165) is 51.9 Å². The SMILES string of the molecule is CCCCCCCCCCCCCCCCCCCCCCN(CCCCCCCCCCCCCCCCCCCCCC)C(CCC)CC(=O)[O-].CCCCCCCCCCCCCCCCCCCCCCN(CCCCCCCCCCCCCCCCCCCCCC)C(CCC)CC(=O)[O-].[Ca+2]. The molecule has 0 aromatic carbocycles. The number of carboxylic acids is 2. The molecule has 7 heteroatoms. The second-order valence-electron chi connectivity index (χ2n) is 35.0. The summed E-state index contributed by atoms with van der Waals surface area (Å²) < 4.78 is 0. The van der Waals surface area contributed by atoms with Crippen LogP contribution in [0.5, 0.6) is 0 Å². The van der Waals surface area contributed by atoms with Gasteiger partial charge in [-0.05, 0) is 64.7 Å². The summed E-state index contributed by atoms with van der Waals surface area (Å²) in [7, 11) is 0. The maximum atomic E-state index is 11.6. The molecule has 0 fully saturated rings. The van der Waals surface area contributed by atoms with E-state index in [1.807, 2.05) is 0 Å². The first kappa shape index (κ1) is 111. The Morgan fingerprint density at radius 1 is 0.178 bits per heavy atom. The third-order valence-electron chi connectivity index (χ3n) is 24.3. The van der Waals surface area contributed by atoms with Crippen molar-refractivity contribution in [2.45, 2.75) is 606 Å². The van der Waals surface area contributed by atoms with Gasteiger partial charge in [0.2, 0.25) is 0 Å². The van der Waals surface area contributed by atoms with Crippen molar-refractivity contribution in [3.8, 4) is 0 Å². The van der Waals surface area contributed by atoms with Crippen LogP contribution >= 0.6 is 0 Å². The van der Waals surface area contributed by atoms with Crippen LogP contribution in [0, 0.1) is 0 Å². The summed E-state index contributed by atoms with van der Waals surface area (Å²) in [6.07, 6.45) is 117. The predicted molar refractivity (Wildman–Crippen MR) is 478 cm³/mol. The molecular weight excluding hydrogens is 1330 g/mol. The molecule has 0 rings (SSSR count). The monoisotopic (exact) mass is 1530 g/mol. The van der Waals surface area contributed by atoms with Gasteiger partial charge in [0.15, 0.2) is 0 Å². The van der Waals surface area contributed by atoms with Gasteiger partial charge < -0.3 is 29.6 Å². The van der Waals surface area contributed by atoms with Gasteiger partial charge in [0.25, 0.3) is 0 Å². The molecule has 0 aromatic heterocycles. The number of hydrogen-bond acceptors (Lipinski definition) is 6. The number of carbonyl (C=O) groups excluding carboxylic acids is 2. The quantitative estimate of drug-likeness (QED) is 0.0445. The normalized spacial score (nSPS) is 12.2. The molecule has 0 N–H and O–H groups in total. The van der Waals surface area contributed by atoms with E-state index in [9.17, 15) is 19.8 Å². The summed E-state index contributed by atoms with van der Waals surface area (Å²) in [4.78, 5) is 28.2. The third-order valence-corrected chi connectivity index (χ3v) is 24.3. The molecule has 0 saturated heterocycles. The first-order chi connectivity index (χ1) is 52.3. The summed E-state index contributed by atoms with van der Waals surface area (Å²) in [5, 5.41) is 23.1. The standard InChI is InChI=1S/2C50H101NO2.Ca/c2*1-4-7-9-11-13-15-17-19-21-23-25-27-29-31-33-35-37-39-41-43-46-51(49(45-6-3)48-50(52)53)47-44-42-40-38-36-34-32-30-28-26-24-22-20-18-16-14-12-10-8-5-2;/h2*49H,4-48H2,1-3H3,(H,52,53);/q;;+2/p-2. The Kier molecular flexibility index (Phi) is 104. The molecular formula is C100H200CaN2O4. The van der Waals surface area contributed by atoms with E-state index in [-0.39, 0.29) is 62.7 Å². The van der Waals surface area contributed by atoms with Gasteiger partial charge in [0, 0.05) is 36.9 Å². The van der Waals surface area contributed by atoms with Crippen LogP contribution in [0.2, 0.25) is 0 Å². The summed E-state index contributed by atoms with van der Waals surface area (Å²) in [6, 6.07) is 0.316. The van der Waals surface area contributed by atoms with Crippen molar-refractivity contribution in [2.24, 2.45) is 0 Å². The van der Waals surface area contributed by atoms with Gasteiger partial charge in [-0.2, -0.15) is 0 Å². The molecule has 0 amide bonds. The van der Waals surface area contributed by atoms with Crippen molar-refractivity contribution in [3.05, 3.63) is 0 Å². The molecule has 636 valence electrons. The van der Waals surface area contributed by atoms with Gasteiger partial charge in [-0.15, -0.1) is 0 Å². The number of carbonyl (C=O) groups is 2. The van der Waals surface area contributed by atoms with Crippen molar-refractivity contribution in [2.75, 3.05) is 26.2 Å². The zero-order chi connectivity index (χ0) is 77.1. The molecule has 0 saturated carbocycles. The summed E-state index contributed by atoms with van der Waals surface area (Å²) >= 11 is 0. The van der Waals surface area contributed by atoms with Crippen LogP contribution < -0.4 is 10.2 Å². The first-order valence-corrected chi connectivity index (χ1v) is 50.2. The zero-order valence-electron chi connectivity index (χ0n) is 75.0. The molecule has 6 nitrogen and oxygen atoms in total. The van der Waals surface area contributed by atoms with Crippen molar-refractivity contribution in [3.63, 3.8) is 0 Å². The van der Waals surface area contributed by atoms with Gasteiger partial charge in [0.1, 0.15) is 0 Å². The predicted octanol–water partition coefficient (Wildman–Crippen LogP) is 32.1. The van der Waals surface area contributed by atoms with Crippen LogP contribution in [0.4, 0.5) is 0 Å². The Morgan fingerprint density at radius 2 is 0.280 bits per heavy atom. The molecule has 2 atom stereocenters. The Bertz CT molecular complexity index is 1390. The van der Waals surface area contributed by atoms with Crippen molar-refractivity contribution in [1.82, 2.24) is 9.80 Å². The molecule has 0 aliphatic heterocycles. The Balaban J connectivity index is -0.00000200. The second kappa shape index (κ2) is 100. The molecule has 107 heavy (non-hydrogen) atoms. The van der Waals surface area contributed by atoms with Gasteiger partial charge in [-0.3, -0.25) is 0 Å². The minimum absolute atomic E-state index is 0. The van der Waals surface area contributed by atoms with E-state index < -0.39 is 11.9 Å². The number of carboxylic acid groups (broad SMARTS) is 2.